The third-order valence-corrected chi connectivity index (χ3v) is 3.08. The van der Waals surface area contributed by atoms with E-state index >= 15 is 0 Å². The number of carbonyl (C=O) groups excluding carboxylic acids is 2. The normalized spacial score (nSPS) is 17.0. The second-order valence-electron chi connectivity index (χ2n) is 4.89. The molecule has 2 rings (SSSR count). The number of alkyl halides is 2. The highest BCUT2D eigenvalue weighted by Crippen LogP contribution is 2.37. The zero-order valence-corrected chi connectivity index (χ0v) is 10.8. The van der Waals surface area contributed by atoms with Crippen molar-refractivity contribution in [3.63, 3.8) is 0 Å². The summed E-state index contributed by atoms with van der Waals surface area (Å²) >= 11 is 0. The van der Waals surface area contributed by atoms with Crippen molar-refractivity contribution in [2.45, 2.75) is 24.8 Å². The van der Waals surface area contributed by atoms with Crippen molar-refractivity contribution in [2.24, 2.45) is 0 Å². The predicted octanol–water partition coefficient (Wildman–Crippen LogP) is 1.84. The average Bonchev–Trinajstić information content (AvgIpc) is 2.32. The molecule has 1 N–H and O–H groups in total. The summed E-state index contributed by atoms with van der Waals surface area (Å²) in [5, 5.41) is 2.33. The summed E-state index contributed by atoms with van der Waals surface area (Å²) in [6.45, 7) is -0.505. The van der Waals surface area contributed by atoms with Crippen molar-refractivity contribution in [3.8, 4) is 0 Å². The first-order valence-corrected chi connectivity index (χ1v) is 6.14. The molecule has 1 aromatic rings. The van der Waals surface area contributed by atoms with Crippen LogP contribution in [-0.2, 0) is 9.59 Å². The Morgan fingerprint density at radius 1 is 1.29 bits per heavy atom. The Morgan fingerprint density at radius 3 is 2.33 bits per heavy atom. The van der Waals surface area contributed by atoms with Gasteiger partial charge in [0.15, 0.2) is 0 Å². The van der Waals surface area contributed by atoms with Crippen molar-refractivity contribution in [2.75, 3.05) is 11.4 Å². The molecule has 1 fully saturated rings. The van der Waals surface area contributed by atoms with Gasteiger partial charge in [-0.15, -0.1) is 0 Å². The molecule has 4 nitrogen and oxygen atoms in total. The minimum Gasteiger partial charge on any atom is -0.351 e. The van der Waals surface area contributed by atoms with Gasteiger partial charge >= 0.3 is 0 Å². The maximum atomic E-state index is 13.1. The Balaban J connectivity index is 1.95. The third-order valence-electron chi connectivity index (χ3n) is 3.08. The number of nitrogens with zero attached hydrogens (tertiary/aromatic N) is 1. The Hall–Kier alpha value is -2.12. The minimum absolute atomic E-state index is 0.128. The molecular formula is C13H12F4N2O2. The highest BCUT2D eigenvalue weighted by molar-refractivity contribution is 5.88. The first kappa shape index (κ1) is 15.3. The summed E-state index contributed by atoms with van der Waals surface area (Å²) in [7, 11) is 0. The van der Waals surface area contributed by atoms with Crippen LogP contribution in [0.4, 0.5) is 23.2 Å². The fourth-order valence-corrected chi connectivity index (χ4v) is 2.09. The highest BCUT2D eigenvalue weighted by atomic mass is 19.3. The van der Waals surface area contributed by atoms with Gasteiger partial charge in [-0.25, -0.2) is 17.6 Å². The Kier molecular flexibility index (Phi) is 4.15. The molecule has 1 aliphatic rings. The van der Waals surface area contributed by atoms with Crippen molar-refractivity contribution >= 4 is 18.0 Å². The number of hydrogen-bond acceptors (Lipinski definition) is 2. The van der Waals surface area contributed by atoms with Crippen LogP contribution >= 0.6 is 0 Å². The number of halogens is 4. The van der Waals surface area contributed by atoms with E-state index in [9.17, 15) is 27.2 Å². The third kappa shape index (κ3) is 3.93. The molecule has 0 unspecified atom stereocenters. The van der Waals surface area contributed by atoms with Crippen LogP contribution in [0.15, 0.2) is 18.2 Å². The summed E-state index contributed by atoms with van der Waals surface area (Å²) in [6, 6.07) is 1.76. The zero-order chi connectivity index (χ0) is 15.6. The van der Waals surface area contributed by atoms with E-state index in [4.69, 9.17) is 0 Å². The summed E-state index contributed by atoms with van der Waals surface area (Å²) in [5.41, 5.74) is -0.128. The minimum atomic E-state index is -2.77. The lowest BCUT2D eigenvalue weighted by Crippen LogP contribution is -2.52. The number of amides is 2. The van der Waals surface area contributed by atoms with Crippen LogP contribution in [0.2, 0.25) is 0 Å². The van der Waals surface area contributed by atoms with Crippen LogP contribution in [0, 0.1) is 11.6 Å². The van der Waals surface area contributed by atoms with Gasteiger partial charge in [0, 0.05) is 30.6 Å². The lowest BCUT2D eigenvalue weighted by atomic mass is 9.88. The number of benzene rings is 1. The topological polar surface area (TPSA) is 49.4 Å². The molecule has 0 bridgehead atoms. The van der Waals surface area contributed by atoms with Crippen LogP contribution in [0.25, 0.3) is 0 Å². The Bertz CT molecular complexity index is 537. The first-order valence-electron chi connectivity index (χ1n) is 6.14. The van der Waals surface area contributed by atoms with E-state index in [-0.39, 0.29) is 12.1 Å². The summed E-state index contributed by atoms with van der Waals surface area (Å²) in [5.74, 6) is -5.23. The predicted molar refractivity (Wildman–Crippen MR) is 65.9 cm³/mol. The average molecular weight is 304 g/mol. The molecule has 0 aliphatic heterocycles. The molecule has 1 saturated carbocycles. The molecule has 1 aliphatic carbocycles. The maximum Gasteiger partial charge on any atom is 0.252 e. The number of hydrogen-bond donors (Lipinski definition) is 1. The van der Waals surface area contributed by atoms with Crippen LogP contribution in [-0.4, -0.2) is 30.8 Å². The van der Waals surface area contributed by atoms with E-state index in [2.05, 4.69) is 5.32 Å². The molecule has 0 spiro atoms. The largest absolute Gasteiger partial charge is 0.351 e. The van der Waals surface area contributed by atoms with Crippen molar-refractivity contribution < 1.29 is 27.2 Å². The van der Waals surface area contributed by atoms with Gasteiger partial charge in [0.05, 0.1) is 0 Å². The monoisotopic (exact) mass is 304 g/mol. The van der Waals surface area contributed by atoms with Crippen LogP contribution in [0.5, 0.6) is 0 Å². The Morgan fingerprint density at radius 2 is 1.86 bits per heavy atom. The molecule has 8 heteroatoms. The number of nitrogens with one attached hydrogen (secondary N) is 1. The van der Waals surface area contributed by atoms with Gasteiger partial charge in [0.2, 0.25) is 12.3 Å². The number of carbonyl (C=O) groups is 2. The lowest BCUT2D eigenvalue weighted by Gasteiger charge is -2.35. The number of rotatable bonds is 5. The fourth-order valence-electron chi connectivity index (χ4n) is 2.09. The molecule has 114 valence electrons. The van der Waals surface area contributed by atoms with Gasteiger partial charge in [0.25, 0.3) is 5.92 Å². The van der Waals surface area contributed by atoms with E-state index in [1.807, 2.05) is 0 Å². The van der Waals surface area contributed by atoms with Crippen LogP contribution < -0.4 is 10.2 Å². The summed E-state index contributed by atoms with van der Waals surface area (Å²) in [4.78, 5) is 23.3. The first-order chi connectivity index (χ1) is 9.79. The molecule has 2 amide bonds. The molecule has 0 aromatic heterocycles. The van der Waals surface area contributed by atoms with Crippen LogP contribution in [0.3, 0.4) is 0 Å². The van der Waals surface area contributed by atoms with Crippen molar-refractivity contribution in [1.29, 1.82) is 0 Å². The van der Waals surface area contributed by atoms with E-state index in [0.29, 0.717) is 6.07 Å². The van der Waals surface area contributed by atoms with Crippen molar-refractivity contribution in [1.82, 2.24) is 5.32 Å². The second kappa shape index (κ2) is 5.71. The van der Waals surface area contributed by atoms with Gasteiger partial charge in [-0.1, -0.05) is 0 Å². The van der Waals surface area contributed by atoms with Gasteiger partial charge < -0.3 is 10.2 Å². The van der Waals surface area contributed by atoms with Gasteiger partial charge in [0.1, 0.15) is 18.2 Å². The molecule has 21 heavy (non-hydrogen) atoms. The molecular weight excluding hydrogens is 292 g/mol. The lowest BCUT2D eigenvalue weighted by molar-refractivity contribution is -0.128. The fraction of sp³-hybridized carbons (Fsp3) is 0.385. The highest BCUT2D eigenvalue weighted by Gasteiger charge is 2.45. The van der Waals surface area contributed by atoms with Gasteiger partial charge in [-0.3, -0.25) is 9.59 Å². The molecule has 0 radical (unpaired) electrons. The summed E-state index contributed by atoms with van der Waals surface area (Å²) < 4.78 is 51.3. The Labute approximate surface area is 117 Å². The quantitative estimate of drug-likeness (QED) is 0.666. The van der Waals surface area contributed by atoms with E-state index in [1.54, 1.807) is 0 Å². The maximum absolute atomic E-state index is 13.1. The second-order valence-corrected chi connectivity index (χ2v) is 4.89. The SMILES string of the molecule is O=CN(CC(=O)NC1CC(F)(F)C1)c1cc(F)cc(F)c1. The van der Waals surface area contributed by atoms with E-state index in [0.717, 1.165) is 17.0 Å². The van der Waals surface area contributed by atoms with Crippen molar-refractivity contribution in [3.05, 3.63) is 29.8 Å². The van der Waals surface area contributed by atoms with Crippen LogP contribution in [0.1, 0.15) is 12.8 Å². The number of anilines is 1. The van der Waals surface area contributed by atoms with E-state index < -0.39 is 48.9 Å². The zero-order valence-electron chi connectivity index (χ0n) is 10.8. The molecule has 0 atom stereocenters. The van der Waals surface area contributed by atoms with Gasteiger partial charge in [-0.05, 0) is 12.1 Å². The molecule has 0 heterocycles. The van der Waals surface area contributed by atoms with Gasteiger partial charge in [-0.2, -0.15) is 0 Å². The standard InChI is InChI=1S/C13H12F4N2O2/c14-8-1-9(15)3-11(2-8)19(7-20)6-12(21)18-10-4-13(16,17)5-10/h1-3,7,10H,4-6H2,(H,18,21). The molecule has 1 aromatic carbocycles. The smallest absolute Gasteiger partial charge is 0.252 e. The van der Waals surface area contributed by atoms with E-state index in [1.165, 1.54) is 0 Å². The molecule has 0 saturated heterocycles. The summed E-state index contributed by atoms with van der Waals surface area (Å²) in [6.07, 6.45) is -0.661.